The molecule has 10 nitrogen and oxygen atoms in total. The van der Waals surface area contributed by atoms with Crippen LogP contribution in [-0.2, 0) is 4.79 Å². The number of carbonyl (C=O) groups is 1. The van der Waals surface area contributed by atoms with E-state index in [0.717, 1.165) is 4.90 Å². The van der Waals surface area contributed by atoms with Crippen molar-refractivity contribution in [2.45, 2.75) is 37.1 Å². The molecule has 4 aromatic rings. The van der Waals surface area contributed by atoms with Crippen LogP contribution in [0.25, 0.3) is 28.0 Å². The molecule has 230 valence electrons. The summed E-state index contributed by atoms with van der Waals surface area (Å²) in [6, 6.07) is 9.12. The zero-order chi connectivity index (χ0) is 31.8. The Labute approximate surface area is 262 Å². The minimum Gasteiger partial charge on any atom is -0.384 e. The highest BCUT2D eigenvalue weighted by Crippen LogP contribution is 2.38. The van der Waals surface area contributed by atoms with Gasteiger partial charge in [0.05, 0.1) is 40.9 Å². The highest BCUT2D eigenvalue weighted by atomic mass is 32.2. The summed E-state index contributed by atoms with van der Waals surface area (Å²) in [6.07, 6.45) is 2.93. The minimum absolute atomic E-state index is 0.0406. The number of hydrogen-bond donors (Lipinski definition) is 1. The molecule has 0 spiro atoms. The summed E-state index contributed by atoms with van der Waals surface area (Å²) in [4.78, 5) is 44.6. The van der Waals surface area contributed by atoms with Crippen LogP contribution >= 0.6 is 11.8 Å². The normalized spacial score (nSPS) is 16.3. The second kappa shape index (κ2) is 12.3. The fourth-order valence-electron chi connectivity index (χ4n) is 5.93. The van der Waals surface area contributed by atoms with E-state index in [9.17, 15) is 14.9 Å². The van der Waals surface area contributed by atoms with Crippen molar-refractivity contribution in [2.75, 3.05) is 42.1 Å². The molecule has 5 heterocycles. The van der Waals surface area contributed by atoms with Gasteiger partial charge in [-0.1, -0.05) is 26.5 Å². The van der Waals surface area contributed by atoms with E-state index >= 15 is 8.78 Å². The van der Waals surface area contributed by atoms with Crippen LogP contribution in [0.2, 0.25) is 0 Å². The van der Waals surface area contributed by atoms with E-state index in [1.165, 1.54) is 34.5 Å². The number of nitriles is 1. The average Bonchev–Trinajstić information content (AvgIpc) is 3.02. The summed E-state index contributed by atoms with van der Waals surface area (Å²) in [5, 5.41) is 12.9. The number of aromatic nitrogens is 4. The van der Waals surface area contributed by atoms with Gasteiger partial charge in [0, 0.05) is 48.7 Å². The molecular weight excluding hydrogens is 598 g/mol. The van der Waals surface area contributed by atoms with Crippen molar-refractivity contribution >= 4 is 40.2 Å². The van der Waals surface area contributed by atoms with E-state index in [4.69, 9.17) is 4.98 Å². The lowest BCUT2D eigenvalue weighted by Gasteiger charge is -2.41. The highest BCUT2D eigenvalue weighted by Gasteiger charge is 2.33. The lowest BCUT2D eigenvalue weighted by molar-refractivity contribution is -0.128. The van der Waals surface area contributed by atoms with E-state index in [1.807, 2.05) is 19.9 Å². The van der Waals surface area contributed by atoms with E-state index in [2.05, 4.69) is 27.9 Å². The number of amides is 1. The smallest absolute Gasteiger partial charge is 0.355 e. The molecule has 0 saturated carbocycles. The molecule has 2 aliphatic heterocycles. The highest BCUT2D eigenvalue weighted by molar-refractivity contribution is 7.99. The number of benzene rings is 1. The van der Waals surface area contributed by atoms with Gasteiger partial charge in [-0.2, -0.15) is 10.2 Å². The van der Waals surface area contributed by atoms with Crippen molar-refractivity contribution < 1.29 is 13.6 Å². The number of piperazine rings is 1. The van der Waals surface area contributed by atoms with Gasteiger partial charge in [0.1, 0.15) is 17.3 Å². The van der Waals surface area contributed by atoms with Crippen LogP contribution in [0.4, 0.5) is 20.3 Å². The van der Waals surface area contributed by atoms with Gasteiger partial charge < -0.3 is 15.1 Å². The van der Waals surface area contributed by atoms with Gasteiger partial charge in [0.15, 0.2) is 11.5 Å². The number of rotatable bonds is 4. The predicted octanol–water partition coefficient (Wildman–Crippen LogP) is 4.88. The number of pyridine rings is 2. The Bertz CT molecular complexity index is 1940. The van der Waals surface area contributed by atoms with Crippen LogP contribution in [0.15, 0.2) is 58.9 Å². The number of anilines is 2. The molecule has 0 aliphatic carbocycles. The quantitative estimate of drug-likeness (QED) is 0.316. The summed E-state index contributed by atoms with van der Waals surface area (Å²) >= 11 is 1.50. The van der Waals surface area contributed by atoms with Crippen molar-refractivity contribution in [3.63, 3.8) is 0 Å². The molecule has 0 radical (unpaired) electrons. The molecule has 0 unspecified atom stereocenters. The molecule has 1 amide bonds. The molecule has 1 atom stereocenters. The maximum atomic E-state index is 16.2. The van der Waals surface area contributed by atoms with Crippen molar-refractivity contribution in [2.24, 2.45) is 0 Å². The molecule has 3 aromatic heterocycles. The van der Waals surface area contributed by atoms with Gasteiger partial charge in [-0.05, 0) is 36.3 Å². The van der Waals surface area contributed by atoms with Gasteiger partial charge in [-0.3, -0.25) is 9.78 Å². The third-order valence-corrected chi connectivity index (χ3v) is 9.03. The number of fused-ring (bicyclic) bond motifs is 5. The first-order valence-corrected chi connectivity index (χ1v) is 15.5. The number of carbonyl (C=O) groups excluding carboxylic acids is 1. The Morgan fingerprint density at radius 2 is 2.07 bits per heavy atom. The molecule has 2 bridgehead atoms. The number of thioether (sulfide) groups is 1. The molecule has 1 saturated heterocycles. The Morgan fingerprint density at radius 1 is 1.24 bits per heavy atom. The predicted molar refractivity (Wildman–Crippen MR) is 170 cm³/mol. The number of hydrogen-bond acceptors (Lipinski definition) is 9. The molecule has 1 N–H and O–H groups in total. The van der Waals surface area contributed by atoms with Gasteiger partial charge in [-0.15, -0.1) is 11.8 Å². The Kier molecular flexibility index (Phi) is 8.24. The first kappa shape index (κ1) is 30.2. The largest absolute Gasteiger partial charge is 0.384 e. The van der Waals surface area contributed by atoms with Gasteiger partial charge >= 0.3 is 5.69 Å². The van der Waals surface area contributed by atoms with Gasteiger partial charge in [-0.25, -0.2) is 23.1 Å². The van der Waals surface area contributed by atoms with Gasteiger partial charge in [0.25, 0.3) is 0 Å². The molecule has 1 fully saturated rings. The van der Waals surface area contributed by atoms with E-state index in [-0.39, 0.29) is 66.0 Å². The zero-order valence-corrected chi connectivity index (χ0v) is 25.6. The SMILES string of the molecule is C=CC(=O)N1CCN(c2nc(=O)n3c4nc(c(F)cc24)-c2c(F)cccc2NCCSc2ccnc(C(C)C)c2-3)C[C@@H]1CC#N. The second-order valence-electron chi connectivity index (χ2n) is 11.1. The summed E-state index contributed by atoms with van der Waals surface area (Å²) in [6.45, 7) is 8.61. The third-order valence-electron chi connectivity index (χ3n) is 7.98. The molecule has 2 aliphatic rings. The minimum atomic E-state index is -0.792. The van der Waals surface area contributed by atoms with Crippen LogP contribution in [0.3, 0.4) is 0 Å². The first-order chi connectivity index (χ1) is 21.7. The maximum Gasteiger partial charge on any atom is 0.355 e. The van der Waals surface area contributed by atoms with Crippen LogP contribution in [0.1, 0.15) is 31.9 Å². The van der Waals surface area contributed by atoms with Crippen LogP contribution in [0.5, 0.6) is 0 Å². The zero-order valence-electron chi connectivity index (χ0n) is 24.8. The lowest BCUT2D eigenvalue weighted by Crippen LogP contribution is -2.55. The van der Waals surface area contributed by atoms with Crippen LogP contribution in [-0.4, -0.2) is 68.3 Å². The monoisotopic (exact) mass is 628 g/mol. The Morgan fingerprint density at radius 3 is 2.82 bits per heavy atom. The maximum absolute atomic E-state index is 16.2. The third kappa shape index (κ3) is 5.39. The summed E-state index contributed by atoms with van der Waals surface area (Å²) in [7, 11) is 0. The molecule has 1 aromatic carbocycles. The summed E-state index contributed by atoms with van der Waals surface area (Å²) in [5.74, 6) is -1.12. The topological polar surface area (TPSA) is 120 Å². The number of nitrogens with zero attached hydrogens (tertiary/aromatic N) is 7. The second-order valence-corrected chi connectivity index (χ2v) is 12.2. The fraction of sp³-hybridized carbons (Fsp3) is 0.312. The lowest BCUT2D eigenvalue weighted by atomic mass is 10.1. The van der Waals surface area contributed by atoms with Crippen molar-refractivity contribution in [1.82, 2.24) is 24.4 Å². The van der Waals surface area contributed by atoms with E-state index in [1.54, 1.807) is 28.1 Å². The van der Waals surface area contributed by atoms with E-state index in [0.29, 0.717) is 29.4 Å². The number of halogens is 2. The first-order valence-electron chi connectivity index (χ1n) is 14.6. The van der Waals surface area contributed by atoms with Gasteiger partial charge in [0.2, 0.25) is 5.91 Å². The molecule has 45 heavy (non-hydrogen) atoms. The summed E-state index contributed by atoms with van der Waals surface area (Å²) in [5.41, 5.74) is 0.648. The molecule has 6 rings (SSSR count). The molecular formula is C32H30F2N8O2S. The van der Waals surface area contributed by atoms with Crippen molar-refractivity contribution in [3.05, 3.63) is 77.0 Å². The van der Waals surface area contributed by atoms with Crippen molar-refractivity contribution in [3.8, 4) is 23.0 Å². The summed E-state index contributed by atoms with van der Waals surface area (Å²) < 4.78 is 33.0. The Balaban J connectivity index is 1.66. The van der Waals surface area contributed by atoms with Crippen LogP contribution < -0.4 is 15.9 Å². The Hall–Kier alpha value is -4.83. The molecule has 13 heteroatoms. The van der Waals surface area contributed by atoms with E-state index < -0.39 is 23.4 Å². The number of nitrogens with one attached hydrogen (secondary N) is 1. The average molecular weight is 629 g/mol. The van der Waals surface area contributed by atoms with Crippen molar-refractivity contribution in [1.29, 1.82) is 5.26 Å². The van der Waals surface area contributed by atoms with Crippen LogP contribution in [0, 0.1) is 23.0 Å². The fourth-order valence-corrected chi connectivity index (χ4v) is 6.85. The standard InChI is InChI=1S/C32H30F2N8O2S/c1-4-25(43)41-14-13-40(17-19(41)8-10-35)30-20-16-22(34)28-26-21(33)6-5-7-23(26)36-12-15-45-24-9-11-37-27(18(2)3)29(24)42(31(20)38-28)32(44)39-30/h4-7,9,11,16,18-19,36H,1,8,12-15,17H2,2-3H3/t19-/m0/s1.